The third-order valence-electron chi connectivity index (χ3n) is 3.29. The molecule has 112 valence electrons. The van der Waals surface area contributed by atoms with E-state index in [4.69, 9.17) is 4.28 Å². The van der Waals surface area contributed by atoms with Gasteiger partial charge < -0.3 is 4.57 Å². The first-order chi connectivity index (χ1) is 10.6. The van der Waals surface area contributed by atoms with E-state index in [1.54, 1.807) is 18.2 Å². The van der Waals surface area contributed by atoms with Crippen molar-refractivity contribution in [1.82, 2.24) is 4.57 Å². The molecule has 5 nitrogen and oxygen atoms in total. The number of benzene rings is 2. The van der Waals surface area contributed by atoms with Crippen LogP contribution in [0.25, 0.3) is 10.9 Å². The largest absolute Gasteiger partial charge is 0.358 e. The molecule has 0 aliphatic heterocycles. The van der Waals surface area contributed by atoms with Crippen LogP contribution in [0.4, 0.5) is 0 Å². The summed E-state index contributed by atoms with van der Waals surface area (Å²) in [7, 11) is -1.96. The van der Waals surface area contributed by atoms with Gasteiger partial charge in [-0.25, -0.2) is 0 Å². The highest BCUT2D eigenvalue weighted by Crippen LogP contribution is 2.19. The predicted molar refractivity (Wildman–Crippen MR) is 85.2 cm³/mol. The predicted octanol–water partition coefficient (Wildman–Crippen LogP) is 2.92. The molecule has 0 unspecified atom stereocenters. The molecule has 22 heavy (non-hydrogen) atoms. The zero-order valence-corrected chi connectivity index (χ0v) is 12.7. The van der Waals surface area contributed by atoms with Gasteiger partial charge >= 0.3 is 10.1 Å². The van der Waals surface area contributed by atoms with E-state index in [9.17, 15) is 8.42 Å². The van der Waals surface area contributed by atoms with Gasteiger partial charge in [-0.3, -0.25) is 4.28 Å². The summed E-state index contributed by atoms with van der Waals surface area (Å²) in [4.78, 5) is 0.0741. The standard InChI is InChI=1S/C16H14N2O3S/c1-18-12-13(15-9-5-6-10-16(15)18)11-17-21-22(19,20)14-7-3-2-4-8-14/h2-12H,1H3/b17-11+. The van der Waals surface area contributed by atoms with Crippen LogP contribution in [-0.4, -0.2) is 19.2 Å². The van der Waals surface area contributed by atoms with Gasteiger partial charge in [0.1, 0.15) is 4.90 Å². The molecule has 6 heteroatoms. The van der Waals surface area contributed by atoms with Crippen molar-refractivity contribution in [3.8, 4) is 0 Å². The maximum Gasteiger partial charge on any atom is 0.358 e. The van der Waals surface area contributed by atoms with Crippen LogP contribution >= 0.6 is 0 Å². The number of rotatable bonds is 4. The molecule has 0 saturated heterocycles. The second-order valence-corrected chi connectivity index (χ2v) is 6.32. The maximum absolute atomic E-state index is 12.0. The number of hydrogen-bond donors (Lipinski definition) is 0. The highest BCUT2D eigenvalue weighted by atomic mass is 32.2. The molecule has 0 bridgehead atoms. The molecular formula is C16H14N2O3S. The number of hydrogen-bond acceptors (Lipinski definition) is 4. The normalized spacial score (nSPS) is 12.0. The van der Waals surface area contributed by atoms with Crippen LogP contribution in [-0.2, 0) is 21.4 Å². The average Bonchev–Trinajstić information content (AvgIpc) is 2.85. The third-order valence-corrected chi connectivity index (χ3v) is 4.42. The highest BCUT2D eigenvalue weighted by molar-refractivity contribution is 7.86. The number of aryl methyl sites for hydroxylation is 1. The molecule has 0 radical (unpaired) electrons. The number of nitrogens with zero attached hydrogens (tertiary/aromatic N) is 2. The molecular weight excluding hydrogens is 300 g/mol. The van der Waals surface area contributed by atoms with Gasteiger partial charge in [-0.2, -0.15) is 8.42 Å². The minimum absolute atomic E-state index is 0.0741. The molecule has 0 N–H and O–H groups in total. The molecule has 2 aromatic carbocycles. The lowest BCUT2D eigenvalue weighted by atomic mass is 10.2. The number of para-hydroxylation sites is 1. The minimum atomic E-state index is -3.88. The van der Waals surface area contributed by atoms with Gasteiger partial charge in [0.2, 0.25) is 0 Å². The second-order valence-electron chi connectivity index (χ2n) is 4.79. The molecule has 1 aromatic heterocycles. The van der Waals surface area contributed by atoms with Crippen LogP contribution in [0.5, 0.6) is 0 Å². The molecule has 0 spiro atoms. The maximum atomic E-state index is 12.0. The van der Waals surface area contributed by atoms with Crippen molar-refractivity contribution in [1.29, 1.82) is 0 Å². The summed E-state index contributed by atoms with van der Waals surface area (Å²) in [5.41, 5.74) is 1.83. The summed E-state index contributed by atoms with van der Waals surface area (Å²) >= 11 is 0. The van der Waals surface area contributed by atoms with Crippen LogP contribution in [0.2, 0.25) is 0 Å². The summed E-state index contributed by atoms with van der Waals surface area (Å²) in [5, 5.41) is 4.61. The fourth-order valence-electron chi connectivity index (χ4n) is 2.24. The van der Waals surface area contributed by atoms with Crippen molar-refractivity contribution < 1.29 is 12.7 Å². The van der Waals surface area contributed by atoms with Crippen LogP contribution in [0.15, 0.2) is 70.8 Å². The first-order valence-electron chi connectivity index (χ1n) is 6.64. The number of fused-ring (bicyclic) bond motifs is 1. The first kappa shape index (κ1) is 14.3. The van der Waals surface area contributed by atoms with E-state index < -0.39 is 10.1 Å². The van der Waals surface area contributed by atoms with Crippen LogP contribution in [0, 0.1) is 0 Å². The van der Waals surface area contributed by atoms with E-state index in [0.717, 1.165) is 16.5 Å². The SMILES string of the molecule is Cn1cc(/C=N/OS(=O)(=O)c2ccccc2)c2ccccc21. The topological polar surface area (TPSA) is 60.7 Å². The molecule has 0 saturated carbocycles. The fourth-order valence-corrected chi connectivity index (χ4v) is 2.97. The summed E-state index contributed by atoms with van der Waals surface area (Å²) in [5.74, 6) is 0. The van der Waals surface area contributed by atoms with Gasteiger partial charge in [-0.15, -0.1) is 0 Å². The Morgan fingerprint density at radius 2 is 1.73 bits per heavy atom. The summed E-state index contributed by atoms with van der Waals surface area (Å²) < 4.78 is 30.6. The molecule has 3 aromatic rings. The molecule has 0 fully saturated rings. The Hall–Kier alpha value is -2.60. The van der Waals surface area contributed by atoms with Gasteiger partial charge in [-0.1, -0.05) is 41.6 Å². The fraction of sp³-hybridized carbons (Fsp3) is 0.0625. The minimum Gasteiger partial charge on any atom is -0.350 e. The van der Waals surface area contributed by atoms with Crippen molar-refractivity contribution in [2.24, 2.45) is 12.2 Å². The van der Waals surface area contributed by atoms with E-state index in [1.165, 1.54) is 18.3 Å². The van der Waals surface area contributed by atoms with Gasteiger partial charge in [0.25, 0.3) is 0 Å². The second kappa shape index (κ2) is 5.65. The van der Waals surface area contributed by atoms with E-state index in [1.807, 2.05) is 42.1 Å². The van der Waals surface area contributed by atoms with Crippen LogP contribution in [0.3, 0.4) is 0 Å². The van der Waals surface area contributed by atoms with Gasteiger partial charge in [0, 0.05) is 29.7 Å². The van der Waals surface area contributed by atoms with Crippen molar-refractivity contribution >= 4 is 27.2 Å². The molecule has 0 atom stereocenters. The molecule has 0 aliphatic carbocycles. The lowest BCUT2D eigenvalue weighted by Gasteiger charge is -1.99. The Morgan fingerprint density at radius 1 is 1.05 bits per heavy atom. The number of oxime groups is 1. The Kier molecular flexibility index (Phi) is 3.68. The monoisotopic (exact) mass is 314 g/mol. The average molecular weight is 314 g/mol. The smallest absolute Gasteiger partial charge is 0.350 e. The molecule has 0 aliphatic rings. The van der Waals surface area contributed by atoms with E-state index >= 15 is 0 Å². The zero-order chi connectivity index (χ0) is 15.6. The van der Waals surface area contributed by atoms with E-state index in [0.29, 0.717) is 0 Å². The van der Waals surface area contributed by atoms with Gasteiger partial charge in [0.05, 0.1) is 6.21 Å². The summed E-state index contributed by atoms with van der Waals surface area (Å²) in [6.45, 7) is 0. The molecule has 1 heterocycles. The van der Waals surface area contributed by atoms with Gasteiger partial charge in [0.15, 0.2) is 0 Å². The Bertz CT molecular complexity index is 928. The summed E-state index contributed by atoms with van der Waals surface area (Å²) in [6, 6.07) is 15.7. The lowest BCUT2D eigenvalue weighted by Crippen LogP contribution is -2.02. The van der Waals surface area contributed by atoms with Crippen LogP contribution in [0.1, 0.15) is 5.56 Å². The van der Waals surface area contributed by atoms with Crippen LogP contribution < -0.4 is 0 Å². The van der Waals surface area contributed by atoms with E-state index in [-0.39, 0.29) is 4.90 Å². The van der Waals surface area contributed by atoms with Gasteiger partial charge in [-0.05, 0) is 18.2 Å². The van der Waals surface area contributed by atoms with Crippen molar-refractivity contribution in [3.63, 3.8) is 0 Å². The zero-order valence-electron chi connectivity index (χ0n) is 11.9. The van der Waals surface area contributed by atoms with Crippen molar-refractivity contribution in [2.75, 3.05) is 0 Å². The van der Waals surface area contributed by atoms with Crippen molar-refractivity contribution in [3.05, 3.63) is 66.4 Å². The quantitative estimate of drug-likeness (QED) is 0.549. The van der Waals surface area contributed by atoms with Crippen molar-refractivity contribution in [2.45, 2.75) is 4.90 Å². The first-order valence-corrected chi connectivity index (χ1v) is 8.05. The highest BCUT2D eigenvalue weighted by Gasteiger charge is 2.14. The Morgan fingerprint density at radius 3 is 2.50 bits per heavy atom. The van der Waals surface area contributed by atoms with E-state index in [2.05, 4.69) is 5.16 Å². The molecule has 0 amide bonds. The third kappa shape index (κ3) is 2.73. The lowest BCUT2D eigenvalue weighted by molar-refractivity contribution is 0.341. The Balaban J connectivity index is 1.85. The summed E-state index contributed by atoms with van der Waals surface area (Å²) in [6.07, 6.45) is 3.27. The Labute approximate surface area is 128 Å². The number of aromatic nitrogens is 1. The molecule has 3 rings (SSSR count).